The summed E-state index contributed by atoms with van der Waals surface area (Å²) in [7, 11) is 0. The van der Waals surface area contributed by atoms with E-state index in [0.717, 1.165) is 30.6 Å². The van der Waals surface area contributed by atoms with Crippen LogP contribution in [0.15, 0.2) is 35.1 Å². The largest absolute Gasteiger partial charge is 0.467 e. The van der Waals surface area contributed by atoms with Gasteiger partial charge in [0.1, 0.15) is 17.4 Å². The molecule has 1 aliphatic heterocycles. The van der Waals surface area contributed by atoms with Gasteiger partial charge < -0.3 is 19.8 Å². The second kappa shape index (κ2) is 5.81. The normalized spacial score (nSPS) is 19.3. The van der Waals surface area contributed by atoms with Crippen molar-refractivity contribution in [1.82, 2.24) is 15.3 Å². The Balaban J connectivity index is 1.65. The summed E-state index contributed by atoms with van der Waals surface area (Å²) < 4.78 is 10.7. The van der Waals surface area contributed by atoms with E-state index in [1.54, 1.807) is 12.5 Å². The molecule has 0 saturated carbocycles. The van der Waals surface area contributed by atoms with Crippen molar-refractivity contribution in [3.63, 3.8) is 0 Å². The van der Waals surface area contributed by atoms with Crippen molar-refractivity contribution in [1.29, 1.82) is 0 Å². The van der Waals surface area contributed by atoms with Crippen LogP contribution in [0.2, 0.25) is 0 Å². The van der Waals surface area contributed by atoms with Gasteiger partial charge in [0.15, 0.2) is 0 Å². The maximum absolute atomic E-state index is 5.42. The highest BCUT2D eigenvalue weighted by Crippen LogP contribution is 2.13. The summed E-state index contributed by atoms with van der Waals surface area (Å²) in [5.74, 6) is 2.41. The molecule has 0 spiro atoms. The van der Waals surface area contributed by atoms with Gasteiger partial charge in [0.25, 0.3) is 0 Å². The number of morpholine rings is 1. The van der Waals surface area contributed by atoms with E-state index in [2.05, 4.69) is 20.6 Å². The van der Waals surface area contributed by atoms with E-state index < -0.39 is 0 Å². The van der Waals surface area contributed by atoms with Crippen LogP contribution < -0.4 is 10.6 Å². The van der Waals surface area contributed by atoms with Crippen LogP contribution in [0, 0.1) is 0 Å². The molecule has 1 saturated heterocycles. The first kappa shape index (κ1) is 12.1. The van der Waals surface area contributed by atoms with Gasteiger partial charge in [-0.05, 0) is 18.2 Å². The summed E-state index contributed by atoms with van der Waals surface area (Å²) in [5.41, 5.74) is 0. The molecule has 1 aliphatic rings. The van der Waals surface area contributed by atoms with Gasteiger partial charge in [-0.3, -0.25) is 0 Å². The summed E-state index contributed by atoms with van der Waals surface area (Å²) >= 11 is 0. The van der Waals surface area contributed by atoms with Crippen LogP contribution in [0.4, 0.5) is 5.82 Å². The first-order valence-electron chi connectivity index (χ1n) is 6.32. The van der Waals surface area contributed by atoms with Gasteiger partial charge in [-0.2, -0.15) is 0 Å². The molecule has 0 aliphatic carbocycles. The molecule has 100 valence electrons. The highest BCUT2D eigenvalue weighted by molar-refractivity contribution is 5.33. The Morgan fingerprint density at radius 3 is 3.21 bits per heavy atom. The molecule has 2 N–H and O–H groups in total. The summed E-state index contributed by atoms with van der Waals surface area (Å²) in [5, 5.41) is 6.55. The van der Waals surface area contributed by atoms with Gasteiger partial charge in [0.05, 0.1) is 32.1 Å². The van der Waals surface area contributed by atoms with E-state index in [9.17, 15) is 0 Å². The number of nitrogens with one attached hydrogen (secondary N) is 2. The lowest BCUT2D eigenvalue weighted by Crippen LogP contribution is -2.35. The topological polar surface area (TPSA) is 72.2 Å². The molecule has 6 heteroatoms. The molecule has 0 bridgehead atoms. The molecule has 6 nitrogen and oxygen atoms in total. The number of ether oxygens (including phenoxy) is 1. The molecular weight excluding hydrogens is 244 g/mol. The second-order valence-corrected chi connectivity index (χ2v) is 4.31. The van der Waals surface area contributed by atoms with Crippen molar-refractivity contribution in [3.05, 3.63) is 42.2 Å². The summed E-state index contributed by atoms with van der Waals surface area (Å²) in [6, 6.07) is 5.70. The van der Waals surface area contributed by atoms with E-state index in [-0.39, 0.29) is 6.04 Å². The highest BCUT2D eigenvalue weighted by atomic mass is 16.5. The van der Waals surface area contributed by atoms with Crippen molar-refractivity contribution in [2.45, 2.75) is 12.6 Å². The molecule has 1 fully saturated rings. The maximum Gasteiger partial charge on any atom is 0.149 e. The fourth-order valence-corrected chi connectivity index (χ4v) is 1.96. The van der Waals surface area contributed by atoms with Gasteiger partial charge in [-0.15, -0.1) is 0 Å². The van der Waals surface area contributed by atoms with Crippen LogP contribution in [-0.2, 0) is 11.3 Å². The molecule has 3 rings (SSSR count). The molecule has 1 unspecified atom stereocenters. The molecule has 0 amide bonds. The maximum atomic E-state index is 5.42. The third-order valence-electron chi connectivity index (χ3n) is 2.93. The minimum atomic E-state index is 0.0686. The number of hydrogen-bond donors (Lipinski definition) is 2. The number of anilines is 1. The number of hydrogen-bond acceptors (Lipinski definition) is 6. The average molecular weight is 260 g/mol. The van der Waals surface area contributed by atoms with E-state index in [0.29, 0.717) is 13.2 Å². The smallest absolute Gasteiger partial charge is 0.149 e. The summed E-state index contributed by atoms with van der Waals surface area (Å²) in [6.07, 6.45) is 3.41. The van der Waals surface area contributed by atoms with Gasteiger partial charge in [-0.25, -0.2) is 9.97 Å². The van der Waals surface area contributed by atoms with Gasteiger partial charge in [0, 0.05) is 12.7 Å². The van der Waals surface area contributed by atoms with E-state index in [1.807, 2.05) is 18.2 Å². The van der Waals surface area contributed by atoms with Crippen LogP contribution >= 0.6 is 0 Å². The Labute approximate surface area is 111 Å². The fourth-order valence-electron chi connectivity index (χ4n) is 1.96. The Bertz CT molecular complexity index is 509. The summed E-state index contributed by atoms with van der Waals surface area (Å²) in [4.78, 5) is 8.78. The van der Waals surface area contributed by atoms with E-state index in [1.165, 1.54) is 0 Å². The van der Waals surface area contributed by atoms with Gasteiger partial charge in [0.2, 0.25) is 0 Å². The molecule has 1 atom stereocenters. The van der Waals surface area contributed by atoms with Crippen molar-refractivity contribution < 1.29 is 9.15 Å². The second-order valence-electron chi connectivity index (χ2n) is 4.31. The zero-order valence-corrected chi connectivity index (χ0v) is 10.5. The Hall–Kier alpha value is -1.92. The Morgan fingerprint density at radius 1 is 1.42 bits per heavy atom. The van der Waals surface area contributed by atoms with E-state index >= 15 is 0 Å². The first-order chi connectivity index (χ1) is 9.42. The van der Waals surface area contributed by atoms with E-state index in [4.69, 9.17) is 9.15 Å². The van der Waals surface area contributed by atoms with Crippen molar-refractivity contribution in [3.8, 4) is 0 Å². The van der Waals surface area contributed by atoms with Crippen LogP contribution in [-0.4, -0.2) is 29.7 Å². The first-order valence-corrected chi connectivity index (χ1v) is 6.32. The molecule has 3 heterocycles. The molecule has 2 aromatic heterocycles. The number of aromatic nitrogens is 2. The Kier molecular flexibility index (Phi) is 3.71. The molecule has 19 heavy (non-hydrogen) atoms. The minimum Gasteiger partial charge on any atom is -0.467 e. The fraction of sp³-hybridized carbons (Fsp3) is 0.385. The standard InChI is InChI=1S/C13H16N4O2/c1-2-10(19-6-1)8-16-12-3-4-15-13(17-12)11-9-18-7-5-14-11/h1-4,6,11,14H,5,7-9H2,(H,15,16,17). The van der Waals surface area contributed by atoms with Crippen LogP contribution in [0.3, 0.4) is 0 Å². The monoisotopic (exact) mass is 260 g/mol. The van der Waals surface area contributed by atoms with Crippen LogP contribution in [0.25, 0.3) is 0 Å². The Morgan fingerprint density at radius 2 is 2.42 bits per heavy atom. The number of nitrogens with zero attached hydrogens (tertiary/aromatic N) is 2. The third kappa shape index (κ3) is 3.10. The summed E-state index contributed by atoms with van der Waals surface area (Å²) in [6.45, 7) is 2.80. The van der Waals surface area contributed by atoms with Crippen molar-refractivity contribution >= 4 is 5.82 Å². The van der Waals surface area contributed by atoms with Crippen LogP contribution in [0.5, 0.6) is 0 Å². The lowest BCUT2D eigenvalue weighted by atomic mass is 10.2. The lowest BCUT2D eigenvalue weighted by molar-refractivity contribution is 0.0742. The van der Waals surface area contributed by atoms with Crippen LogP contribution in [0.1, 0.15) is 17.6 Å². The van der Waals surface area contributed by atoms with Crippen molar-refractivity contribution in [2.24, 2.45) is 0 Å². The predicted molar refractivity (Wildman–Crippen MR) is 69.6 cm³/mol. The van der Waals surface area contributed by atoms with Crippen molar-refractivity contribution in [2.75, 3.05) is 25.1 Å². The SMILES string of the molecule is c1coc(CNc2ccnc(C3COCCN3)n2)c1. The highest BCUT2D eigenvalue weighted by Gasteiger charge is 2.17. The molecular formula is C13H16N4O2. The minimum absolute atomic E-state index is 0.0686. The zero-order chi connectivity index (χ0) is 12.9. The predicted octanol–water partition coefficient (Wildman–Crippen LogP) is 1.34. The number of rotatable bonds is 4. The molecule has 2 aromatic rings. The molecule has 0 radical (unpaired) electrons. The van der Waals surface area contributed by atoms with Gasteiger partial charge >= 0.3 is 0 Å². The number of furan rings is 1. The zero-order valence-electron chi connectivity index (χ0n) is 10.5. The quantitative estimate of drug-likeness (QED) is 0.864. The molecule has 0 aromatic carbocycles. The average Bonchev–Trinajstić information content (AvgIpc) is 3.00. The third-order valence-corrected chi connectivity index (χ3v) is 2.93. The lowest BCUT2D eigenvalue weighted by Gasteiger charge is -2.22. The van der Waals surface area contributed by atoms with Gasteiger partial charge in [-0.1, -0.05) is 0 Å².